The zero-order valence-electron chi connectivity index (χ0n) is 21.1. The fourth-order valence-electron chi connectivity index (χ4n) is 4.34. The van der Waals surface area contributed by atoms with Crippen LogP contribution in [0.4, 0.5) is 13.2 Å². The summed E-state index contributed by atoms with van der Waals surface area (Å²) in [5.74, 6) is -0.0682. The van der Waals surface area contributed by atoms with Crippen molar-refractivity contribution in [2.75, 3.05) is 7.11 Å². The minimum Gasteiger partial charge on any atom is -0.493 e. The summed E-state index contributed by atoms with van der Waals surface area (Å²) >= 11 is 0. The van der Waals surface area contributed by atoms with Gasteiger partial charge >= 0.3 is 16.3 Å². The first-order chi connectivity index (χ1) is 17.9. The first-order valence-corrected chi connectivity index (χ1v) is 13.5. The van der Waals surface area contributed by atoms with Crippen LogP contribution in [0.3, 0.4) is 0 Å². The molecule has 2 atom stereocenters. The summed E-state index contributed by atoms with van der Waals surface area (Å²) < 4.78 is 75.5. The standard InChI is InChI=1S/C28H28F3NO5S/c1-18(2)32(27(33)24-16-23(24)20-8-5-4-6-9-20)17-19-12-13-25(36-3)26(14-19)37-38(34,35)22-11-7-10-21(15-22)28(29,30)31/h4-15,18,23-24H,16-17H2,1-3H3/t23-,24?/m0/s1. The van der Waals surface area contributed by atoms with Crippen molar-refractivity contribution in [1.82, 2.24) is 4.90 Å². The number of benzene rings is 3. The Morgan fingerprint density at radius 3 is 2.34 bits per heavy atom. The average molecular weight is 548 g/mol. The normalized spacial score (nSPS) is 17.2. The lowest BCUT2D eigenvalue weighted by molar-refractivity contribution is -0.138. The van der Waals surface area contributed by atoms with E-state index in [1.165, 1.54) is 19.2 Å². The van der Waals surface area contributed by atoms with Crippen LogP contribution in [0, 0.1) is 5.92 Å². The van der Waals surface area contributed by atoms with Crippen LogP contribution in [-0.4, -0.2) is 32.4 Å². The van der Waals surface area contributed by atoms with Gasteiger partial charge in [-0.05, 0) is 67.6 Å². The second kappa shape index (κ2) is 10.7. The molecule has 0 bridgehead atoms. The Morgan fingerprint density at radius 1 is 1.00 bits per heavy atom. The van der Waals surface area contributed by atoms with Crippen LogP contribution < -0.4 is 8.92 Å². The van der Waals surface area contributed by atoms with E-state index in [-0.39, 0.29) is 41.8 Å². The van der Waals surface area contributed by atoms with Crippen molar-refractivity contribution in [3.63, 3.8) is 0 Å². The number of alkyl halides is 3. The minimum absolute atomic E-state index is 0.00345. The first-order valence-electron chi connectivity index (χ1n) is 12.0. The zero-order valence-corrected chi connectivity index (χ0v) is 21.9. The molecule has 0 N–H and O–H groups in total. The van der Waals surface area contributed by atoms with Gasteiger partial charge < -0.3 is 13.8 Å². The van der Waals surface area contributed by atoms with Gasteiger partial charge in [-0.2, -0.15) is 21.6 Å². The maximum absolute atomic E-state index is 13.4. The molecule has 1 saturated carbocycles. The molecular formula is C28H28F3NO5S. The number of methoxy groups -OCH3 is 1. The summed E-state index contributed by atoms with van der Waals surface area (Å²) in [7, 11) is -3.29. The first kappa shape index (κ1) is 27.5. The SMILES string of the molecule is COc1ccc(CN(C(=O)C2C[C@H]2c2ccccc2)C(C)C)cc1OS(=O)(=O)c1cccc(C(F)(F)F)c1. The summed E-state index contributed by atoms with van der Waals surface area (Å²) in [6.07, 6.45) is -3.95. The van der Waals surface area contributed by atoms with E-state index in [0.29, 0.717) is 11.6 Å². The van der Waals surface area contributed by atoms with Crippen molar-refractivity contribution < 1.29 is 35.3 Å². The molecule has 1 unspecified atom stereocenters. The maximum atomic E-state index is 13.4. The Balaban J connectivity index is 1.55. The molecule has 0 spiro atoms. The Morgan fingerprint density at radius 2 is 1.71 bits per heavy atom. The molecule has 6 nitrogen and oxygen atoms in total. The lowest BCUT2D eigenvalue weighted by atomic mass is 10.1. The highest BCUT2D eigenvalue weighted by molar-refractivity contribution is 7.87. The number of carbonyl (C=O) groups excluding carboxylic acids is 1. The Labute approximate surface area is 220 Å². The number of halogens is 3. The summed E-state index contributed by atoms with van der Waals surface area (Å²) in [6, 6.07) is 17.6. The summed E-state index contributed by atoms with van der Waals surface area (Å²) in [4.78, 5) is 14.4. The quantitative estimate of drug-likeness (QED) is 0.306. The van der Waals surface area contributed by atoms with Crippen LogP contribution in [0.15, 0.2) is 77.7 Å². The molecule has 1 fully saturated rings. The van der Waals surface area contributed by atoms with Crippen LogP contribution in [0.1, 0.15) is 42.9 Å². The van der Waals surface area contributed by atoms with E-state index in [0.717, 1.165) is 30.2 Å². The van der Waals surface area contributed by atoms with Crippen LogP contribution in [-0.2, 0) is 27.6 Å². The van der Waals surface area contributed by atoms with E-state index >= 15 is 0 Å². The van der Waals surface area contributed by atoms with E-state index in [4.69, 9.17) is 8.92 Å². The van der Waals surface area contributed by atoms with Gasteiger partial charge in [-0.15, -0.1) is 0 Å². The van der Waals surface area contributed by atoms with Crippen LogP contribution in [0.5, 0.6) is 11.5 Å². The average Bonchev–Trinajstić information content (AvgIpc) is 3.68. The molecule has 1 aliphatic rings. The second-order valence-electron chi connectivity index (χ2n) is 9.47. The van der Waals surface area contributed by atoms with Crippen molar-refractivity contribution in [2.24, 2.45) is 5.92 Å². The van der Waals surface area contributed by atoms with Gasteiger partial charge in [0.15, 0.2) is 11.5 Å². The lowest BCUT2D eigenvalue weighted by Crippen LogP contribution is -2.37. The third kappa shape index (κ3) is 6.12. The predicted molar refractivity (Wildman–Crippen MR) is 135 cm³/mol. The van der Waals surface area contributed by atoms with Gasteiger partial charge in [-0.25, -0.2) is 0 Å². The van der Waals surface area contributed by atoms with Crippen molar-refractivity contribution in [3.05, 3.63) is 89.5 Å². The number of ether oxygens (including phenoxy) is 1. The van der Waals surface area contributed by atoms with Gasteiger partial charge in [0.05, 0.1) is 12.7 Å². The lowest BCUT2D eigenvalue weighted by Gasteiger charge is -2.27. The topological polar surface area (TPSA) is 72.9 Å². The highest BCUT2D eigenvalue weighted by atomic mass is 32.2. The second-order valence-corrected chi connectivity index (χ2v) is 11.0. The smallest absolute Gasteiger partial charge is 0.416 e. The van der Waals surface area contributed by atoms with Gasteiger partial charge in [-0.3, -0.25) is 4.79 Å². The molecule has 3 aromatic rings. The molecule has 202 valence electrons. The predicted octanol–water partition coefficient (Wildman–Crippen LogP) is 6.02. The molecule has 3 aromatic carbocycles. The number of hydrogen-bond acceptors (Lipinski definition) is 5. The third-order valence-electron chi connectivity index (χ3n) is 6.47. The molecule has 0 aliphatic heterocycles. The Hall–Kier alpha value is -3.53. The minimum atomic E-state index is -4.71. The fourth-order valence-corrected chi connectivity index (χ4v) is 5.32. The highest BCUT2D eigenvalue weighted by Crippen LogP contribution is 2.48. The molecule has 0 radical (unpaired) electrons. The van der Waals surface area contributed by atoms with Gasteiger partial charge in [0, 0.05) is 18.5 Å². The summed E-state index contributed by atoms with van der Waals surface area (Å²) in [5, 5.41) is 0. The van der Waals surface area contributed by atoms with Crippen LogP contribution >= 0.6 is 0 Å². The van der Waals surface area contributed by atoms with Crippen molar-refractivity contribution in [2.45, 2.75) is 49.8 Å². The number of amides is 1. The van der Waals surface area contributed by atoms with Gasteiger partial charge in [0.25, 0.3) is 0 Å². The van der Waals surface area contributed by atoms with Crippen LogP contribution in [0.25, 0.3) is 0 Å². The zero-order chi connectivity index (χ0) is 27.7. The number of hydrogen-bond donors (Lipinski definition) is 0. The molecule has 4 rings (SSSR count). The molecular weight excluding hydrogens is 519 g/mol. The van der Waals surface area contributed by atoms with Crippen molar-refractivity contribution in [3.8, 4) is 11.5 Å². The summed E-state index contributed by atoms with van der Waals surface area (Å²) in [5.41, 5.74) is 0.594. The molecule has 1 amide bonds. The molecule has 0 heterocycles. The van der Waals surface area contributed by atoms with Gasteiger partial charge in [0.1, 0.15) is 4.90 Å². The molecule has 10 heteroatoms. The van der Waals surface area contributed by atoms with Crippen molar-refractivity contribution in [1.29, 1.82) is 0 Å². The van der Waals surface area contributed by atoms with Crippen molar-refractivity contribution >= 4 is 16.0 Å². The monoisotopic (exact) mass is 547 g/mol. The number of rotatable bonds is 9. The molecule has 0 aromatic heterocycles. The Kier molecular flexibility index (Phi) is 7.73. The van der Waals surface area contributed by atoms with E-state index in [9.17, 15) is 26.4 Å². The Bertz CT molecular complexity index is 1410. The molecule has 0 saturated heterocycles. The van der Waals surface area contributed by atoms with Crippen LogP contribution in [0.2, 0.25) is 0 Å². The molecule has 1 aliphatic carbocycles. The van der Waals surface area contributed by atoms with E-state index in [1.807, 2.05) is 44.2 Å². The fraction of sp³-hybridized carbons (Fsp3) is 0.321. The number of carbonyl (C=O) groups is 1. The van der Waals surface area contributed by atoms with E-state index in [1.54, 1.807) is 11.0 Å². The third-order valence-corrected chi connectivity index (χ3v) is 7.70. The summed E-state index contributed by atoms with van der Waals surface area (Å²) in [6.45, 7) is 3.99. The van der Waals surface area contributed by atoms with E-state index < -0.39 is 26.8 Å². The largest absolute Gasteiger partial charge is 0.493 e. The van der Waals surface area contributed by atoms with Gasteiger partial charge in [0.2, 0.25) is 5.91 Å². The molecule has 38 heavy (non-hydrogen) atoms. The van der Waals surface area contributed by atoms with E-state index in [2.05, 4.69) is 0 Å². The van der Waals surface area contributed by atoms with Gasteiger partial charge in [-0.1, -0.05) is 42.5 Å². The highest BCUT2D eigenvalue weighted by Gasteiger charge is 2.46. The maximum Gasteiger partial charge on any atom is 0.416 e. The number of nitrogens with zero attached hydrogens (tertiary/aromatic N) is 1.